The second-order valence-corrected chi connectivity index (χ2v) is 5.55. The lowest BCUT2D eigenvalue weighted by Crippen LogP contribution is -2.25. The number of hydrogen-bond acceptors (Lipinski definition) is 4. The molecule has 0 aliphatic heterocycles. The minimum Gasteiger partial charge on any atom is -0.381 e. The lowest BCUT2D eigenvalue weighted by molar-refractivity contribution is 0.0594. The second kappa shape index (κ2) is 5.09. The third kappa shape index (κ3) is 3.55. The molecule has 1 saturated carbocycles. The molecule has 0 unspecified atom stereocenters. The summed E-state index contributed by atoms with van der Waals surface area (Å²) in [7, 11) is -0.361. The molecule has 0 radical (unpaired) electrons. The quantitative estimate of drug-likeness (QED) is 0.670. The van der Waals surface area contributed by atoms with E-state index in [1.165, 1.54) is 7.11 Å². The standard InChI is InChI=1S/C9H18O4S/c1-12-9-5-3-8(4-6-9)7-14(10,11)13-2/h8-9H,3-7H2,1-2H3/t8-,9-. The highest BCUT2D eigenvalue weighted by atomic mass is 32.2. The highest BCUT2D eigenvalue weighted by Gasteiger charge is 2.25. The Bertz CT molecular complexity index is 252. The first-order valence-electron chi connectivity index (χ1n) is 4.88. The van der Waals surface area contributed by atoms with Crippen molar-refractivity contribution in [2.45, 2.75) is 31.8 Å². The van der Waals surface area contributed by atoms with E-state index in [0.29, 0.717) is 6.10 Å². The molecule has 14 heavy (non-hydrogen) atoms. The van der Waals surface area contributed by atoms with E-state index in [1.807, 2.05) is 0 Å². The van der Waals surface area contributed by atoms with Crippen molar-refractivity contribution in [3.05, 3.63) is 0 Å². The molecule has 5 heteroatoms. The van der Waals surface area contributed by atoms with E-state index < -0.39 is 10.1 Å². The Hall–Kier alpha value is -0.130. The second-order valence-electron chi connectivity index (χ2n) is 3.77. The smallest absolute Gasteiger partial charge is 0.267 e. The SMILES string of the molecule is COS(=O)(=O)C[C@H]1CC[C@H](OC)CC1. The summed E-state index contributed by atoms with van der Waals surface area (Å²) in [6.07, 6.45) is 4.07. The zero-order valence-corrected chi connectivity index (χ0v) is 9.55. The minimum atomic E-state index is -3.28. The molecule has 4 nitrogen and oxygen atoms in total. The van der Waals surface area contributed by atoms with Gasteiger partial charge in [-0.05, 0) is 31.6 Å². The van der Waals surface area contributed by atoms with Crippen molar-refractivity contribution in [2.75, 3.05) is 20.0 Å². The lowest BCUT2D eigenvalue weighted by Gasteiger charge is -2.26. The molecule has 1 rings (SSSR count). The highest BCUT2D eigenvalue weighted by molar-refractivity contribution is 7.86. The Labute approximate surface area is 85.7 Å². The van der Waals surface area contributed by atoms with Crippen LogP contribution in [0, 0.1) is 5.92 Å². The maximum Gasteiger partial charge on any atom is 0.267 e. The molecule has 1 aliphatic rings. The van der Waals surface area contributed by atoms with Crippen LogP contribution in [-0.4, -0.2) is 34.5 Å². The van der Waals surface area contributed by atoms with Crippen molar-refractivity contribution in [3.63, 3.8) is 0 Å². The maximum absolute atomic E-state index is 11.2. The van der Waals surface area contributed by atoms with Crippen LogP contribution in [0.3, 0.4) is 0 Å². The third-order valence-corrected chi connectivity index (χ3v) is 4.21. The zero-order valence-electron chi connectivity index (χ0n) is 8.73. The summed E-state index contributed by atoms with van der Waals surface area (Å²) in [6.45, 7) is 0. The fourth-order valence-electron chi connectivity index (χ4n) is 1.89. The number of ether oxygens (including phenoxy) is 1. The molecule has 0 aromatic heterocycles. The Morgan fingerprint density at radius 2 is 1.71 bits per heavy atom. The van der Waals surface area contributed by atoms with E-state index in [0.717, 1.165) is 25.7 Å². The van der Waals surface area contributed by atoms with Crippen molar-refractivity contribution >= 4 is 10.1 Å². The summed E-state index contributed by atoms with van der Waals surface area (Å²) in [5.74, 6) is 0.395. The van der Waals surface area contributed by atoms with Crippen molar-refractivity contribution in [2.24, 2.45) is 5.92 Å². The molecular weight excluding hydrogens is 204 g/mol. The van der Waals surface area contributed by atoms with Gasteiger partial charge < -0.3 is 4.74 Å². The number of rotatable bonds is 4. The molecule has 0 aromatic rings. The summed E-state index contributed by atoms with van der Waals surface area (Å²) >= 11 is 0. The fraction of sp³-hybridized carbons (Fsp3) is 1.00. The number of hydrogen-bond donors (Lipinski definition) is 0. The first kappa shape index (κ1) is 11.9. The average molecular weight is 222 g/mol. The van der Waals surface area contributed by atoms with Crippen LogP contribution in [0.2, 0.25) is 0 Å². The van der Waals surface area contributed by atoms with Crippen LogP contribution in [0.15, 0.2) is 0 Å². The molecule has 1 fully saturated rings. The van der Waals surface area contributed by atoms with Crippen LogP contribution in [0.1, 0.15) is 25.7 Å². The molecule has 0 bridgehead atoms. The van der Waals surface area contributed by atoms with Crippen molar-refractivity contribution < 1.29 is 17.3 Å². The Balaban J connectivity index is 2.36. The predicted octanol–water partition coefficient (Wildman–Crippen LogP) is 1.17. The normalized spacial score (nSPS) is 29.0. The van der Waals surface area contributed by atoms with Gasteiger partial charge >= 0.3 is 0 Å². The Morgan fingerprint density at radius 1 is 1.14 bits per heavy atom. The van der Waals surface area contributed by atoms with Crippen LogP contribution >= 0.6 is 0 Å². The molecule has 0 atom stereocenters. The van der Waals surface area contributed by atoms with E-state index >= 15 is 0 Å². The Kier molecular flexibility index (Phi) is 4.34. The minimum absolute atomic E-state index is 0.153. The molecule has 0 aromatic carbocycles. The summed E-state index contributed by atoms with van der Waals surface area (Å²) in [6, 6.07) is 0. The summed E-state index contributed by atoms with van der Waals surface area (Å²) in [4.78, 5) is 0. The van der Waals surface area contributed by atoms with Gasteiger partial charge in [0.2, 0.25) is 0 Å². The summed E-state index contributed by atoms with van der Waals surface area (Å²) < 4.78 is 32.0. The van der Waals surface area contributed by atoms with Gasteiger partial charge in [-0.3, -0.25) is 4.18 Å². The van der Waals surface area contributed by atoms with E-state index in [4.69, 9.17) is 4.74 Å². The van der Waals surface area contributed by atoms with Gasteiger partial charge in [-0.15, -0.1) is 0 Å². The van der Waals surface area contributed by atoms with Gasteiger partial charge in [0.1, 0.15) is 0 Å². The topological polar surface area (TPSA) is 52.6 Å². The largest absolute Gasteiger partial charge is 0.381 e. The Morgan fingerprint density at radius 3 is 2.14 bits per heavy atom. The van der Waals surface area contributed by atoms with Crippen LogP contribution in [-0.2, 0) is 19.0 Å². The van der Waals surface area contributed by atoms with Crippen molar-refractivity contribution in [3.8, 4) is 0 Å². The van der Waals surface area contributed by atoms with E-state index in [1.54, 1.807) is 7.11 Å². The third-order valence-electron chi connectivity index (χ3n) is 2.82. The lowest BCUT2D eigenvalue weighted by atomic mass is 9.89. The van der Waals surface area contributed by atoms with E-state index in [2.05, 4.69) is 4.18 Å². The first-order valence-corrected chi connectivity index (χ1v) is 6.46. The maximum atomic E-state index is 11.2. The van der Waals surface area contributed by atoms with Crippen molar-refractivity contribution in [1.82, 2.24) is 0 Å². The molecular formula is C9H18O4S. The monoisotopic (exact) mass is 222 g/mol. The van der Waals surface area contributed by atoms with Crippen LogP contribution in [0.5, 0.6) is 0 Å². The fourth-order valence-corrected chi connectivity index (χ4v) is 2.94. The van der Waals surface area contributed by atoms with Gasteiger partial charge in [-0.2, -0.15) is 8.42 Å². The van der Waals surface area contributed by atoms with Gasteiger partial charge in [0.25, 0.3) is 10.1 Å². The van der Waals surface area contributed by atoms with Crippen LogP contribution in [0.4, 0.5) is 0 Å². The van der Waals surface area contributed by atoms with Gasteiger partial charge in [-0.1, -0.05) is 0 Å². The van der Waals surface area contributed by atoms with Gasteiger partial charge in [0.05, 0.1) is 19.0 Å². The van der Waals surface area contributed by atoms with E-state index in [-0.39, 0.29) is 11.7 Å². The molecule has 0 saturated heterocycles. The van der Waals surface area contributed by atoms with E-state index in [9.17, 15) is 8.42 Å². The van der Waals surface area contributed by atoms with Gasteiger partial charge in [0.15, 0.2) is 0 Å². The predicted molar refractivity (Wildman–Crippen MR) is 53.6 cm³/mol. The van der Waals surface area contributed by atoms with Crippen LogP contribution in [0.25, 0.3) is 0 Å². The molecule has 0 heterocycles. The summed E-state index contributed by atoms with van der Waals surface area (Å²) in [5.41, 5.74) is 0. The molecule has 0 amide bonds. The van der Waals surface area contributed by atoms with Crippen LogP contribution < -0.4 is 0 Å². The molecule has 1 aliphatic carbocycles. The zero-order chi connectivity index (χ0) is 10.6. The molecule has 84 valence electrons. The van der Waals surface area contributed by atoms with Crippen molar-refractivity contribution in [1.29, 1.82) is 0 Å². The van der Waals surface area contributed by atoms with Gasteiger partial charge in [-0.25, -0.2) is 0 Å². The average Bonchev–Trinajstić information content (AvgIpc) is 2.19. The molecule has 0 N–H and O–H groups in total. The summed E-state index contributed by atoms with van der Waals surface area (Å²) in [5, 5.41) is 0. The first-order chi connectivity index (χ1) is 6.57. The molecule has 0 spiro atoms. The highest BCUT2D eigenvalue weighted by Crippen LogP contribution is 2.27. The number of methoxy groups -OCH3 is 1. The van der Waals surface area contributed by atoms with Gasteiger partial charge in [0, 0.05) is 7.11 Å².